The number of carbonyl (C=O) groups excluding carboxylic acids is 4. The van der Waals surface area contributed by atoms with Crippen LogP contribution in [-0.2, 0) is 20.6 Å². The monoisotopic (exact) mass is 661 g/mol. The van der Waals surface area contributed by atoms with Gasteiger partial charge in [0.1, 0.15) is 12.3 Å². The quantitative estimate of drug-likeness (QED) is 0.209. The number of nitrogens with zero attached hydrogens (tertiary/aromatic N) is 3. The number of hydrogen-bond acceptors (Lipinski definition) is 5. The van der Waals surface area contributed by atoms with Crippen LogP contribution in [0.4, 0.5) is 40.7 Å². The Kier molecular flexibility index (Phi) is 11.4. The van der Waals surface area contributed by atoms with E-state index in [9.17, 15) is 32.3 Å². The molecular formula is C35H34F3N5O5. The smallest absolute Gasteiger partial charge is 0.416 e. The van der Waals surface area contributed by atoms with Gasteiger partial charge in [-0.1, -0.05) is 42.5 Å². The van der Waals surface area contributed by atoms with Gasteiger partial charge < -0.3 is 30.1 Å². The molecule has 4 aromatic rings. The molecule has 2 N–H and O–H groups in total. The summed E-state index contributed by atoms with van der Waals surface area (Å²) in [6.45, 7) is 0.494. The predicted octanol–water partition coefficient (Wildman–Crippen LogP) is 5.87. The highest BCUT2D eigenvalue weighted by Gasteiger charge is 2.31. The summed E-state index contributed by atoms with van der Waals surface area (Å²) < 4.78 is 45.1. The summed E-state index contributed by atoms with van der Waals surface area (Å²) in [5, 5.41) is 5.17. The van der Waals surface area contributed by atoms with Crippen LogP contribution in [0, 0.1) is 6.92 Å². The Balaban J connectivity index is 1.48. The van der Waals surface area contributed by atoms with E-state index >= 15 is 0 Å². The SMILES string of the molecule is Cc1cccc(NC(=O)NCC(=O)N(CC(=O)N(C)c2ccccc2)c2cccc(OCC(=O)N(C)c3cccc(C(F)(F)F)c3)c2)c1. The molecule has 4 aromatic carbocycles. The normalized spacial score (nSPS) is 10.9. The van der Waals surface area contributed by atoms with Gasteiger partial charge in [-0.3, -0.25) is 14.4 Å². The first-order valence-corrected chi connectivity index (χ1v) is 14.7. The minimum atomic E-state index is -4.57. The lowest BCUT2D eigenvalue weighted by molar-refractivity contribution is -0.137. The Bertz CT molecular complexity index is 1770. The van der Waals surface area contributed by atoms with Crippen molar-refractivity contribution in [3.63, 3.8) is 0 Å². The van der Waals surface area contributed by atoms with Crippen LogP contribution in [0.1, 0.15) is 11.1 Å². The molecule has 5 amide bonds. The summed E-state index contributed by atoms with van der Waals surface area (Å²) in [7, 11) is 2.90. The molecule has 250 valence electrons. The third-order valence-electron chi connectivity index (χ3n) is 7.21. The van der Waals surface area contributed by atoms with Gasteiger partial charge in [0, 0.05) is 42.9 Å². The number of anilines is 4. The maximum Gasteiger partial charge on any atom is 0.416 e. The van der Waals surface area contributed by atoms with Crippen molar-refractivity contribution < 1.29 is 37.1 Å². The van der Waals surface area contributed by atoms with Crippen molar-refractivity contribution in [1.82, 2.24) is 5.32 Å². The van der Waals surface area contributed by atoms with Crippen LogP contribution >= 0.6 is 0 Å². The summed E-state index contributed by atoms with van der Waals surface area (Å²) in [5.41, 5.74) is 1.45. The second kappa shape index (κ2) is 15.6. The number of benzene rings is 4. The van der Waals surface area contributed by atoms with Gasteiger partial charge in [0.15, 0.2) is 6.61 Å². The molecule has 13 heteroatoms. The Morgan fingerprint density at radius 3 is 2.06 bits per heavy atom. The van der Waals surface area contributed by atoms with Gasteiger partial charge >= 0.3 is 12.2 Å². The average Bonchev–Trinajstić information content (AvgIpc) is 3.08. The first kappa shape index (κ1) is 35.0. The number of alkyl halides is 3. The topological polar surface area (TPSA) is 111 Å². The molecule has 0 saturated carbocycles. The molecule has 0 radical (unpaired) electrons. The average molecular weight is 662 g/mol. The fraction of sp³-hybridized carbons (Fsp3) is 0.200. The molecule has 0 aromatic heterocycles. The number of carbonyl (C=O) groups is 4. The van der Waals surface area contributed by atoms with Crippen LogP contribution in [0.5, 0.6) is 5.75 Å². The van der Waals surface area contributed by atoms with Crippen molar-refractivity contribution in [1.29, 1.82) is 0 Å². The van der Waals surface area contributed by atoms with E-state index in [2.05, 4.69) is 10.6 Å². The number of amides is 5. The Morgan fingerprint density at radius 1 is 0.708 bits per heavy atom. The van der Waals surface area contributed by atoms with Crippen LogP contribution in [0.25, 0.3) is 0 Å². The van der Waals surface area contributed by atoms with Crippen molar-refractivity contribution in [2.24, 2.45) is 0 Å². The van der Waals surface area contributed by atoms with Crippen LogP contribution in [0.15, 0.2) is 103 Å². The third kappa shape index (κ3) is 9.58. The number of aryl methyl sites for hydroxylation is 1. The van der Waals surface area contributed by atoms with Crippen LogP contribution in [0.2, 0.25) is 0 Å². The molecule has 0 bridgehead atoms. The number of rotatable bonds is 11. The Labute approximate surface area is 275 Å². The van der Waals surface area contributed by atoms with E-state index in [0.29, 0.717) is 11.4 Å². The standard InChI is InChI=1S/C35H34F3N5O5/c1-24-10-7-12-26(18-24)40-34(47)39-21-31(44)43(22-32(45)41(2)27-13-5-4-6-14-27)29-16-9-17-30(20-29)48-23-33(46)42(3)28-15-8-11-25(19-28)35(36,37)38/h4-20H,21-23H2,1-3H3,(H2,39,40,47). The van der Waals surface area contributed by atoms with Gasteiger partial charge in [0.2, 0.25) is 11.8 Å². The van der Waals surface area contributed by atoms with Crippen molar-refractivity contribution in [3.8, 4) is 5.75 Å². The third-order valence-corrected chi connectivity index (χ3v) is 7.21. The number of nitrogens with one attached hydrogen (secondary N) is 2. The number of ether oxygens (including phenoxy) is 1. The summed E-state index contributed by atoms with van der Waals surface area (Å²) >= 11 is 0. The summed E-state index contributed by atoms with van der Waals surface area (Å²) in [6, 6.07) is 25.7. The number of likely N-dealkylation sites (N-methyl/N-ethyl adjacent to an activating group) is 2. The molecule has 0 spiro atoms. The Hall–Kier alpha value is -5.85. The molecule has 0 heterocycles. The molecule has 0 saturated heterocycles. The lowest BCUT2D eigenvalue weighted by atomic mass is 10.2. The lowest BCUT2D eigenvalue weighted by Crippen LogP contribution is -2.46. The maximum absolute atomic E-state index is 13.5. The van der Waals surface area contributed by atoms with Gasteiger partial charge in [0.05, 0.1) is 12.1 Å². The van der Waals surface area contributed by atoms with Crippen molar-refractivity contribution in [2.45, 2.75) is 13.1 Å². The molecule has 0 atom stereocenters. The fourth-order valence-electron chi connectivity index (χ4n) is 4.53. The van der Waals surface area contributed by atoms with E-state index in [4.69, 9.17) is 4.74 Å². The summed E-state index contributed by atoms with van der Waals surface area (Å²) in [5.74, 6) is -1.51. The van der Waals surface area contributed by atoms with Gasteiger partial charge in [-0.05, 0) is 67.1 Å². The van der Waals surface area contributed by atoms with E-state index in [1.54, 1.807) is 67.7 Å². The van der Waals surface area contributed by atoms with Gasteiger partial charge in [-0.2, -0.15) is 13.2 Å². The zero-order valence-corrected chi connectivity index (χ0v) is 26.5. The van der Waals surface area contributed by atoms with E-state index in [-0.39, 0.29) is 17.1 Å². The van der Waals surface area contributed by atoms with Crippen molar-refractivity contribution in [3.05, 3.63) is 114 Å². The Morgan fingerprint density at radius 2 is 1.35 bits per heavy atom. The highest BCUT2D eigenvalue weighted by atomic mass is 19.4. The van der Waals surface area contributed by atoms with E-state index in [0.717, 1.165) is 22.6 Å². The molecule has 0 fully saturated rings. The van der Waals surface area contributed by atoms with Crippen LogP contribution in [0.3, 0.4) is 0 Å². The maximum atomic E-state index is 13.5. The fourth-order valence-corrected chi connectivity index (χ4v) is 4.53. The molecule has 48 heavy (non-hydrogen) atoms. The number of para-hydroxylation sites is 1. The largest absolute Gasteiger partial charge is 0.484 e. The molecular weight excluding hydrogens is 627 g/mol. The van der Waals surface area contributed by atoms with E-state index < -0.39 is 55.2 Å². The van der Waals surface area contributed by atoms with Gasteiger partial charge in [0.25, 0.3) is 5.91 Å². The minimum absolute atomic E-state index is 0.0314. The molecule has 0 aliphatic heterocycles. The van der Waals surface area contributed by atoms with E-state index in [1.165, 1.54) is 41.1 Å². The molecule has 4 rings (SSSR count). The first-order valence-electron chi connectivity index (χ1n) is 14.7. The number of halogens is 3. The van der Waals surface area contributed by atoms with Gasteiger partial charge in [-0.25, -0.2) is 4.79 Å². The molecule has 0 aliphatic carbocycles. The van der Waals surface area contributed by atoms with E-state index in [1.807, 2.05) is 13.0 Å². The summed E-state index contributed by atoms with van der Waals surface area (Å²) in [6.07, 6.45) is -4.57. The predicted molar refractivity (Wildman–Crippen MR) is 177 cm³/mol. The van der Waals surface area contributed by atoms with Crippen molar-refractivity contribution in [2.75, 3.05) is 53.8 Å². The zero-order valence-electron chi connectivity index (χ0n) is 26.5. The zero-order chi connectivity index (χ0) is 34.8. The summed E-state index contributed by atoms with van der Waals surface area (Å²) in [4.78, 5) is 55.8. The molecule has 0 unspecified atom stereocenters. The highest BCUT2D eigenvalue weighted by molar-refractivity contribution is 6.05. The lowest BCUT2D eigenvalue weighted by Gasteiger charge is -2.26. The van der Waals surface area contributed by atoms with Crippen molar-refractivity contribution >= 4 is 46.5 Å². The second-order valence-corrected chi connectivity index (χ2v) is 10.7. The second-order valence-electron chi connectivity index (χ2n) is 10.7. The molecule has 0 aliphatic rings. The van der Waals surface area contributed by atoms with Crippen LogP contribution in [-0.4, -0.2) is 57.5 Å². The minimum Gasteiger partial charge on any atom is -0.484 e. The number of urea groups is 1. The first-order chi connectivity index (χ1) is 22.8. The van der Waals surface area contributed by atoms with Gasteiger partial charge in [-0.15, -0.1) is 0 Å². The highest BCUT2D eigenvalue weighted by Crippen LogP contribution is 2.31. The molecule has 10 nitrogen and oxygen atoms in total. The number of hydrogen-bond donors (Lipinski definition) is 2. The van der Waals surface area contributed by atoms with Crippen LogP contribution < -0.4 is 30.1 Å².